The molecule has 0 saturated carbocycles. The van der Waals surface area contributed by atoms with E-state index in [9.17, 15) is 4.21 Å². The van der Waals surface area contributed by atoms with E-state index in [1.54, 1.807) is 44.9 Å². The number of aromatic amines is 1. The molecule has 0 radical (unpaired) electrons. The molecule has 3 aromatic rings. The van der Waals surface area contributed by atoms with Crippen molar-refractivity contribution in [2.75, 3.05) is 20.5 Å². The Bertz CT molecular complexity index is 860. The molecule has 3 rings (SSSR count). The Balaban J connectivity index is 2.17. The summed E-state index contributed by atoms with van der Waals surface area (Å²) in [5.74, 6) is 1.90. The highest BCUT2D eigenvalue weighted by atomic mass is 32.2. The SMILES string of the molecule is COc1cc(S(C)=O)ccc1-c1nc2nccc(OC)c2[nH]1. The molecule has 2 aromatic heterocycles. The van der Waals surface area contributed by atoms with Crippen LogP contribution in [0, 0.1) is 0 Å². The van der Waals surface area contributed by atoms with Gasteiger partial charge in [0.25, 0.3) is 0 Å². The van der Waals surface area contributed by atoms with E-state index >= 15 is 0 Å². The molecule has 1 atom stereocenters. The lowest BCUT2D eigenvalue weighted by Crippen LogP contribution is -1.93. The first kappa shape index (κ1) is 14.5. The molecule has 0 saturated heterocycles. The van der Waals surface area contributed by atoms with Crippen molar-refractivity contribution in [2.45, 2.75) is 4.90 Å². The predicted molar refractivity (Wildman–Crippen MR) is 84.8 cm³/mol. The van der Waals surface area contributed by atoms with Crippen molar-refractivity contribution >= 4 is 22.0 Å². The number of pyridine rings is 1. The number of hydrogen-bond acceptors (Lipinski definition) is 5. The van der Waals surface area contributed by atoms with Crippen molar-refractivity contribution in [1.29, 1.82) is 0 Å². The summed E-state index contributed by atoms with van der Waals surface area (Å²) in [7, 11) is 2.10. The first-order valence-electron chi connectivity index (χ1n) is 6.54. The van der Waals surface area contributed by atoms with Crippen LogP contribution in [0.15, 0.2) is 35.4 Å². The van der Waals surface area contributed by atoms with Gasteiger partial charge in [-0.05, 0) is 18.2 Å². The molecule has 22 heavy (non-hydrogen) atoms. The smallest absolute Gasteiger partial charge is 0.181 e. The van der Waals surface area contributed by atoms with Crippen molar-refractivity contribution in [3.8, 4) is 22.9 Å². The molecular formula is C15H15N3O3S. The van der Waals surface area contributed by atoms with Gasteiger partial charge in [-0.3, -0.25) is 4.21 Å². The number of hydrogen-bond donors (Lipinski definition) is 1. The number of ether oxygens (including phenoxy) is 2. The zero-order chi connectivity index (χ0) is 15.7. The molecule has 0 fully saturated rings. The summed E-state index contributed by atoms with van der Waals surface area (Å²) in [5.41, 5.74) is 2.07. The highest BCUT2D eigenvalue weighted by molar-refractivity contribution is 7.84. The molecule has 2 heterocycles. The molecule has 114 valence electrons. The van der Waals surface area contributed by atoms with Crippen molar-refractivity contribution in [3.63, 3.8) is 0 Å². The monoisotopic (exact) mass is 317 g/mol. The van der Waals surface area contributed by atoms with Crippen LogP contribution in [0.5, 0.6) is 11.5 Å². The lowest BCUT2D eigenvalue weighted by Gasteiger charge is -2.07. The third-order valence-electron chi connectivity index (χ3n) is 3.33. The van der Waals surface area contributed by atoms with Gasteiger partial charge in [-0.2, -0.15) is 0 Å². The summed E-state index contributed by atoms with van der Waals surface area (Å²) in [6.45, 7) is 0. The fourth-order valence-electron chi connectivity index (χ4n) is 2.23. The lowest BCUT2D eigenvalue weighted by atomic mass is 10.2. The summed E-state index contributed by atoms with van der Waals surface area (Å²) in [6.07, 6.45) is 3.27. The van der Waals surface area contributed by atoms with Gasteiger partial charge >= 0.3 is 0 Å². The van der Waals surface area contributed by atoms with Crippen LogP contribution in [-0.2, 0) is 10.8 Å². The van der Waals surface area contributed by atoms with E-state index in [-0.39, 0.29) is 0 Å². The maximum Gasteiger partial charge on any atom is 0.181 e. The van der Waals surface area contributed by atoms with Crippen molar-refractivity contribution < 1.29 is 13.7 Å². The van der Waals surface area contributed by atoms with E-state index in [0.29, 0.717) is 27.9 Å². The number of rotatable bonds is 4. The molecule has 1 N–H and O–H groups in total. The predicted octanol–water partition coefficient (Wildman–Crippen LogP) is 2.38. The van der Waals surface area contributed by atoms with E-state index in [1.165, 1.54) is 0 Å². The largest absolute Gasteiger partial charge is 0.496 e. The number of imidazole rings is 1. The van der Waals surface area contributed by atoms with Gasteiger partial charge in [0, 0.05) is 34.2 Å². The first-order chi connectivity index (χ1) is 10.6. The van der Waals surface area contributed by atoms with E-state index in [2.05, 4.69) is 15.0 Å². The number of nitrogens with one attached hydrogen (secondary N) is 1. The fraction of sp³-hybridized carbons (Fsp3) is 0.200. The molecule has 1 unspecified atom stereocenters. The molecule has 0 bridgehead atoms. The van der Waals surface area contributed by atoms with Crippen LogP contribution in [0.1, 0.15) is 0 Å². The Hall–Kier alpha value is -2.41. The quantitative estimate of drug-likeness (QED) is 0.799. The highest BCUT2D eigenvalue weighted by Crippen LogP contribution is 2.32. The van der Waals surface area contributed by atoms with E-state index < -0.39 is 10.8 Å². The Morgan fingerprint density at radius 1 is 1.14 bits per heavy atom. The summed E-state index contributed by atoms with van der Waals surface area (Å²) < 4.78 is 22.3. The van der Waals surface area contributed by atoms with Gasteiger partial charge in [-0.1, -0.05) is 0 Å². The van der Waals surface area contributed by atoms with E-state index in [0.717, 1.165) is 11.1 Å². The van der Waals surface area contributed by atoms with Crippen LogP contribution in [-0.4, -0.2) is 39.6 Å². The number of methoxy groups -OCH3 is 2. The van der Waals surface area contributed by atoms with Crippen LogP contribution in [0.3, 0.4) is 0 Å². The van der Waals surface area contributed by atoms with Gasteiger partial charge in [0.1, 0.15) is 22.8 Å². The summed E-state index contributed by atoms with van der Waals surface area (Å²) in [4.78, 5) is 12.6. The zero-order valence-corrected chi connectivity index (χ0v) is 13.2. The van der Waals surface area contributed by atoms with Crippen LogP contribution in [0.25, 0.3) is 22.6 Å². The second-order valence-corrected chi connectivity index (χ2v) is 5.99. The minimum atomic E-state index is -1.07. The fourth-order valence-corrected chi connectivity index (χ4v) is 2.76. The number of fused-ring (bicyclic) bond motifs is 1. The maximum atomic E-state index is 11.6. The van der Waals surface area contributed by atoms with Crippen LogP contribution >= 0.6 is 0 Å². The van der Waals surface area contributed by atoms with Crippen molar-refractivity contribution in [1.82, 2.24) is 15.0 Å². The molecule has 1 aromatic carbocycles. The summed E-state index contributed by atoms with van der Waals surface area (Å²) in [5, 5.41) is 0. The van der Waals surface area contributed by atoms with Crippen LogP contribution < -0.4 is 9.47 Å². The van der Waals surface area contributed by atoms with Gasteiger partial charge in [0.2, 0.25) is 0 Å². The van der Waals surface area contributed by atoms with Crippen LogP contribution in [0.2, 0.25) is 0 Å². The molecule has 0 aliphatic rings. The summed E-state index contributed by atoms with van der Waals surface area (Å²) in [6, 6.07) is 7.15. The molecule has 0 amide bonds. The van der Waals surface area contributed by atoms with E-state index in [4.69, 9.17) is 9.47 Å². The minimum absolute atomic E-state index is 0.569. The van der Waals surface area contributed by atoms with Gasteiger partial charge < -0.3 is 14.5 Å². The number of nitrogens with zero attached hydrogens (tertiary/aromatic N) is 2. The lowest BCUT2D eigenvalue weighted by molar-refractivity contribution is 0.415. The normalized spacial score (nSPS) is 12.3. The van der Waals surface area contributed by atoms with Gasteiger partial charge in [-0.15, -0.1) is 0 Å². The van der Waals surface area contributed by atoms with Crippen molar-refractivity contribution in [3.05, 3.63) is 30.5 Å². The molecular weight excluding hydrogens is 302 g/mol. The highest BCUT2D eigenvalue weighted by Gasteiger charge is 2.14. The third-order valence-corrected chi connectivity index (χ3v) is 4.25. The van der Waals surface area contributed by atoms with Crippen molar-refractivity contribution in [2.24, 2.45) is 0 Å². The molecule has 0 aliphatic carbocycles. The van der Waals surface area contributed by atoms with Gasteiger partial charge in [0.05, 0.1) is 19.8 Å². The average Bonchev–Trinajstić information content (AvgIpc) is 2.97. The number of aromatic nitrogens is 3. The van der Waals surface area contributed by atoms with Crippen LogP contribution in [0.4, 0.5) is 0 Å². The molecule has 0 spiro atoms. The molecule has 6 nitrogen and oxygen atoms in total. The Kier molecular flexibility index (Phi) is 3.81. The molecule has 7 heteroatoms. The zero-order valence-electron chi connectivity index (χ0n) is 12.4. The third kappa shape index (κ3) is 2.43. The maximum absolute atomic E-state index is 11.6. The Morgan fingerprint density at radius 3 is 2.59 bits per heavy atom. The number of benzene rings is 1. The van der Waals surface area contributed by atoms with Gasteiger partial charge in [-0.25, -0.2) is 9.97 Å². The second kappa shape index (κ2) is 5.76. The number of H-pyrrole nitrogens is 1. The minimum Gasteiger partial charge on any atom is -0.496 e. The topological polar surface area (TPSA) is 77.1 Å². The second-order valence-electron chi connectivity index (χ2n) is 4.61. The first-order valence-corrected chi connectivity index (χ1v) is 8.10. The van der Waals surface area contributed by atoms with E-state index in [1.807, 2.05) is 6.07 Å². The molecule has 0 aliphatic heterocycles. The van der Waals surface area contributed by atoms with Gasteiger partial charge in [0.15, 0.2) is 5.65 Å². The average molecular weight is 317 g/mol. The Labute approximate surface area is 130 Å². The standard InChI is InChI=1S/C15H15N3O3S/c1-20-11-6-7-16-15-13(11)17-14(18-15)10-5-4-9(22(3)19)8-12(10)21-2/h4-8H,1-3H3,(H,16,17,18). The summed E-state index contributed by atoms with van der Waals surface area (Å²) >= 11 is 0. The Morgan fingerprint density at radius 2 is 1.91 bits per heavy atom.